The van der Waals surface area contributed by atoms with Gasteiger partial charge in [0.2, 0.25) is 0 Å². The molecule has 0 saturated carbocycles. The summed E-state index contributed by atoms with van der Waals surface area (Å²) >= 11 is 6.05. The average Bonchev–Trinajstić information content (AvgIpc) is 2.79. The van der Waals surface area contributed by atoms with Gasteiger partial charge in [-0.2, -0.15) is 10.2 Å². The van der Waals surface area contributed by atoms with Crippen LogP contribution in [0.1, 0.15) is 0 Å². The molecule has 0 aliphatic rings. The highest BCUT2D eigenvalue weighted by Gasteiger charge is 2.24. The highest BCUT2D eigenvalue weighted by atomic mass is 35.5. The fourth-order valence-corrected chi connectivity index (χ4v) is 4.06. The van der Waals surface area contributed by atoms with E-state index in [4.69, 9.17) is 16.3 Å². The van der Waals surface area contributed by atoms with Crippen molar-refractivity contribution >= 4 is 27.4 Å². The van der Waals surface area contributed by atoms with Crippen molar-refractivity contribution in [2.45, 2.75) is 4.90 Å². The number of ether oxygens (including phenoxy) is 1. The van der Waals surface area contributed by atoms with Gasteiger partial charge in [-0.15, -0.1) is 0 Å². The minimum absolute atomic E-state index is 0.120. The second-order valence-electron chi connectivity index (χ2n) is 6.55. The molecule has 12 heteroatoms. The fraction of sp³-hybridized carbons (Fsp3) is 0. The van der Waals surface area contributed by atoms with Crippen LogP contribution in [-0.4, -0.2) is 23.6 Å². The van der Waals surface area contributed by atoms with E-state index >= 15 is 0 Å². The van der Waals surface area contributed by atoms with Gasteiger partial charge in [0.05, 0.1) is 18.6 Å². The fourth-order valence-electron chi connectivity index (χ4n) is 2.81. The SMILES string of the molecule is O=S(=O)(Nc1ccc(F)cn1)c1cc(F)c(Oc2ccc(Cl)cc2-c2ccnnc2)cc1F. The van der Waals surface area contributed by atoms with Crippen LogP contribution < -0.4 is 9.46 Å². The minimum atomic E-state index is -4.56. The molecule has 0 bridgehead atoms. The van der Waals surface area contributed by atoms with Crippen LogP contribution >= 0.6 is 11.6 Å². The predicted octanol–water partition coefficient (Wildman–Crippen LogP) is 5.20. The molecule has 0 fully saturated rings. The molecule has 0 aliphatic carbocycles. The van der Waals surface area contributed by atoms with Crippen LogP contribution in [0.4, 0.5) is 19.0 Å². The van der Waals surface area contributed by atoms with E-state index in [-0.39, 0.29) is 11.6 Å². The second kappa shape index (κ2) is 9.04. The van der Waals surface area contributed by atoms with Crippen molar-refractivity contribution in [1.29, 1.82) is 0 Å². The number of nitrogens with zero attached hydrogens (tertiary/aromatic N) is 3. The van der Waals surface area contributed by atoms with Gasteiger partial charge in [0.25, 0.3) is 10.0 Å². The van der Waals surface area contributed by atoms with E-state index in [1.807, 2.05) is 4.72 Å². The predicted molar refractivity (Wildman–Crippen MR) is 114 cm³/mol. The molecule has 168 valence electrons. The first-order valence-electron chi connectivity index (χ1n) is 9.11. The van der Waals surface area contributed by atoms with Crippen molar-refractivity contribution < 1.29 is 26.3 Å². The van der Waals surface area contributed by atoms with Gasteiger partial charge < -0.3 is 4.74 Å². The highest BCUT2D eigenvalue weighted by Crippen LogP contribution is 2.37. The summed E-state index contributed by atoms with van der Waals surface area (Å²) in [5.41, 5.74) is 0.983. The van der Waals surface area contributed by atoms with E-state index in [2.05, 4.69) is 15.2 Å². The van der Waals surface area contributed by atoms with Crippen LogP contribution in [0, 0.1) is 17.5 Å². The Morgan fingerprint density at radius 2 is 1.70 bits per heavy atom. The molecule has 0 atom stereocenters. The second-order valence-corrected chi connectivity index (χ2v) is 8.64. The van der Waals surface area contributed by atoms with Crippen molar-refractivity contribution in [3.63, 3.8) is 0 Å². The van der Waals surface area contributed by atoms with Crippen LogP contribution in [0.3, 0.4) is 0 Å². The third-order valence-electron chi connectivity index (χ3n) is 4.30. The number of hydrogen-bond donors (Lipinski definition) is 1. The largest absolute Gasteiger partial charge is 0.454 e. The lowest BCUT2D eigenvalue weighted by molar-refractivity contribution is 0.433. The zero-order valence-electron chi connectivity index (χ0n) is 16.3. The number of sulfonamides is 1. The molecule has 33 heavy (non-hydrogen) atoms. The van der Waals surface area contributed by atoms with Crippen molar-refractivity contribution in [3.8, 4) is 22.6 Å². The Labute approximate surface area is 190 Å². The van der Waals surface area contributed by atoms with Crippen molar-refractivity contribution in [3.05, 3.63) is 89.6 Å². The van der Waals surface area contributed by atoms with Gasteiger partial charge in [-0.25, -0.2) is 26.6 Å². The molecule has 7 nitrogen and oxygen atoms in total. The topological polar surface area (TPSA) is 94.1 Å². The lowest BCUT2D eigenvalue weighted by atomic mass is 10.1. The molecule has 2 aromatic heterocycles. The quantitative estimate of drug-likeness (QED) is 0.397. The molecule has 2 aromatic carbocycles. The molecule has 0 spiro atoms. The molecule has 0 saturated heterocycles. The monoisotopic (exact) mass is 492 g/mol. The first-order chi connectivity index (χ1) is 15.7. The minimum Gasteiger partial charge on any atom is -0.454 e. The molecular weight excluding hydrogens is 481 g/mol. The summed E-state index contributed by atoms with van der Waals surface area (Å²) in [5, 5.41) is 7.81. The molecule has 0 unspecified atom stereocenters. The maximum absolute atomic E-state index is 14.8. The molecule has 0 aliphatic heterocycles. The Balaban J connectivity index is 1.67. The van der Waals surface area contributed by atoms with Crippen LogP contribution in [0.5, 0.6) is 11.5 Å². The van der Waals surface area contributed by atoms with E-state index in [1.165, 1.54) is 24.5 Å². The Morgan fingerprint density at radius 1 is 0.879 bits per heavy atom. The number of hydrogen-bond acceptors (Lipinski definition) is 6. The van der Waals surface area contributed by atoms with Crippen molar-refractivity contribution in [1.82, 2.24) is 15.2 Å². The summed E-state index contributed by atoms with van der Waals surface area (Å²) in [6.07, 6.45) is 3.64. The molecule has 4 rings (SSSR count). The first kappa shape index (κ1) is 22.5. The zero-order chi connectivity index (χ0) is 23.6. The van der Waals surface area contributed by atoms with Crippen molar-refractivity contribution in [2.24, 2.45) is 0 Å². The van der Waals surface area contributed by atoms with Gasteiger partial charge in [-0.3, -0.25) is 4.72 Å². The number of halogens is 4. The van der Waals surface area contributed by atoms with Crippen LogP contribution in [0.15, 0.2) is 72.0 Å². The van der Waals surface area contributed by atoms with Gasteiger partial charge in [0.15, 0.2) is 11.6 Å². The van der Waals surface area contributed by atoms with Gasteiger partial charge in [-0.1, -0.05) is 11.6 Å². The Hall–Kier alpha value is -3.70. The summed E-state index contributed by atoms with van der Waals surface area (Å²) in [4.78, 5) is 2.55. The number of nitrogens with one attached hydrogen (secondary N) is 1. The van der Waals surface area contributed by atoms with Gasteiger partial charge in [0, 0.05) is 28.3 Å². The number of aromatic nitrogens is 3. The van der Waals surface area contributed by atoms with E-state index in [0.717, 1.165) is 18.3 Å². The van der Waals surface area contributed by atoms with E-state index in [1.54, 1.807) is 12.1 Å². The molecule has 0 amide bonds. The maximum Gasteiger partial charge on any atom is 0.266 e. The third kappa shape index (κ3) is 5.04. The van der Waals surface area contributed by atoms with E-state index < -0.39 is 38.1 Å². The normalized spacial score (nSPS) is 11.3. The first-order valence-corrected chi connectivity index (χ1v) is 11.0. The number of pyridine rings is 1. The molecule has 1 N–H and O–H groups in total. The third-order valence-corrected chi connectivity index (χ3v) is 5.90. The summed E-state index contributed by atoms with van der Waals surface area (Å²) in [6, 6.07) is 9.16. The maximum atomic E-state index is 14.8. The van der Waals surface area contributed by atoms with E-state index in [9.17, 15) is 21.6 Å². The number of rotatable bonds is 6. The lowest BCUT2D eigenvalue weighted by Crippen LogP contribution is -2.16. The number of anilines is 1. The Bertz CT molecular complexity index is 1420. The molecular formula is C21H12ClF3N4O3S. The summed E-state index contributed by atoms with van der Waals surface area (Å²) in [7, 11) is -4.56. The zero-order valence-corrected chi connectivity index (χ0v) is 17.9. The summed E-state index contributed by atoms with van der Waals surface area (Å²) in [6.45, 7) is 0. The van der Waals surface area contributed by atoms with E-state index in [0.29, 0.717) is 28.3 Å². The van der Waals surface area contributed by atoms with Gasteiger partial charge in [-0.05, 0) is 36.4 Å². The van der Waals surface area contributed by atoms with Gasteiger partial charge >= 0.3 is 0 Å². The summed E-state index contributed by atoms with van der Waals surface area (Å²) in [5.74, 6) is -3.82. The summed E-state index contributed by atoms with van der Waals surface area (Å²) < 4.78 is 74.9. The van der Waals surface area contributed by atoms with Gasteiger partial charge in [0.1, 0.15) is 28.1 Å². The molecule has 4 aromatic rings. The standard InChI is InChI=1S/C21H12ClF3N4O3S/c22-13-1-3-18(15(7-13)12-5-6-27-28-10-12)32-19-8-17(25)20(9-16(19)24)33(30,31)29-21-4-2-14(23)11-26-21/h1-11H,(H,26,29). The van der Waals surface area contributed by atoms with Crippen molar-refractivity contribution in [2.75, 3.05) is 4.72 Å². The Kier molecular flexibility index (Phi) is 6.16. The average molecular weight is 493 g/mol. The number of benzene rings is 2. The molecule has 0 radical (unpaired) electrons. The van der Waals surface area contributed by atoms with Crippen LogP contribution in [0.2, 0.25) is 5.02 Å². The van der Waals surface area contributed by atoms with Crippen LogP contribution in [-0.2, 0) is 10.0 Å². The Morgan fingerprint density at radius 3 is 2.39 bits per heavy atom. The smallest absolute Gasteiger partial charge is 0.266 e. The lowest BCUT2D eigenvalue weighted by Gasteiger charge is -2.14. The highest BCUT2D eigenvalue weighted by molar-refractivity contribution is 7.92. The molecule has 2 heterocycles. The van der Waals surface area contributed by atoms with Crippen LogP contribution in [0.25, 0.3) is 11.1 Å².